The standard InChI is InChI=1S/C15H19N3O3/c1-10-8-14(18-21-10)17-15(19)9-16-11(2)12-6-4-5-7-13(12)20-3/h4-8,11,16H,9H2,1-3H3,(H,17,18,19). The summed E-state index contributed by atoms with van der Waals surface area (Å²) >= 11 is 0. The summed E-state index contributed by atoms with van der Waals surface area (Å²) in [6.07, 6.45) is 0. The lowest BCUT2D eigenvalue weighted by Gasteiger charge is -2.16. The Hall–Kier alpha value is -2.34. The first-order valence-corrected chi connectivity index (χ1v) is 6.69. The number of nitrogens with zero attached hydrogens (tertiary/aromatic N) is 1. The minimum absolute atomic E-state index is 0.00838. The lowest BCUT2D eigenvalue weighted by molar-refractivity contribution is -0.115. The fraction of sp³-hybridized carbons (Fsp3) is 0.333. The van der Waals surface area contributed by atoms with Crippen molar-refractivity contribution in [1.82, 2.24) is 10.5 Å². The van der Waals surface area contributed by atoms with Crippen molar-refractivity contribution >= 4 is 11.7 Å². The predicted octanol–water partition coefficient (Wildman–Crippen LogP) is 2.28. The number of carbonyl (C=O) groups excluding carboxylic acids is 1. The molecule has 21 heavy (non-hydrogen) atoms. The monoisotopic (exact) mass is 289 g/mol. The summed E-state index contributed by atoms with van der Waals surface area (Å²) < 4.78 is 10.2. The Labute approximate surface area is 123 Å². The number of aryl methyl sites for hydroxylation is 1. The van der Waals surface area contributed by atoms with Crippen LogP contribution in [0.5, 0.6) is 5.75 Å². The Balaban J connectivity index is 1.88. The van der Waals surface area contributed by atoms with E-state index in [4.69, 9.17) is 9.26 Å². The summed E-state index contributed by atoms with van der Waals surface area (Å²) in [7, 11) is 1.63. The quantitative estimate of drug-likeness (QED) is 0.853. The Morgan fingerprint density at radius 3 is 2.86 bits per heavy atom. The molecule has 1 aromatic heterocycles. The molecule has 0 aliphatic heterocycles. The molecule has 0 aliphatic carbocycles. The molecular weight excluding hydrogens is 270 g/mol. The number of amides is 1. The summed E-state index contributed by atoms with van der Waals surface area (Å²) in [5.74, 6) is 1.69. The van der Waals surface area contributed by atoms with E-state index in [2.05, 4.69) is 15.8 Å². The lowest BCUT2D eigenvalue weighted by Crippen LogP contribution is -2.30. The highest BCUT2D eigenvalue weighted by Gasteiger charge is 2.12. The maximum Gasteiger partial charge on any atom is 0.239 e. The van der Waals surface area contributed by atoms with Gasteiger partial charge in [-0.1, -0.05) is 23.4 Å². The topological polar surface area (TPSA) is 76.4 Å². The van der Waals surface area contributed by atoms with Crippen molar-refractivity contribution in [2.24, 2.45) is 0 Å². The van der Waals surface area contributed by atoms with Gasteiger partial charge in [0.2, 0.25) is 5.91 Å². The first-order valence-electron chi connectivity index (χ1n) is 6.69. The normalized spacial score (nSPS) is 12.0. The fourth-order valence-corrected chi connectivity index (χ4v) is 1.99. The van der Waals surface area contributed by atoms with Gasteiger partial charge in [-0.3, -0.25) is 4.79 Å². The van der Waals surface area contributed by atoms with Crippen LogP contribution >= 0.6 is 0 Å². The number of carbonyl (C=O) groups is 1. The number of para-hydroxylation sites is 1. The number of aromatic nitrogens is 1. The van der Waals surface area contributed by atoms with Crippen LogP contribution in [0.25, 0.3) is 0 Å². The van der Waals surface area contributed by atoms with Crippen molar-refractivity contribution in [3.05, 3.63) is 41.7 Å². The van der Waals surface area contributed by atoms with Gasteiger partial charge in [-0.25, -0.2) is 0 Å². The van der Waals surface area contributed by atoms with Gasteiger partial charge in [0, 0.05) is 17.7 Å². The summed E-state index contributed by atoms with van der Waals surface area (Å²) in [6.45, 7) is 3.92. The Morgan fingerprint density at radius 1 is 1.43 bits per heavy atom. The van der Waals surface area contributed by atoms with Crippen molar-refractivity contribution in [2.75, 3.05) is 19.0 Å². The van der Waals surface area contributed by atoms with Crippen molar-refractivity contribution in [3.63, 3.8) is 0 Å². The molecule has 6 heteroatoms. The van der Waals surface area contributed by atoms with Gasteiger partial charge in [-0.05, 0) is 19.9 Å². The highest BCUT2D eigenvalue weighted by Crippen LogP contribution is 2.23. The number of anilines is 1. The first kappa shape index (κ1) is 15.1. The Bertz CT molecular complexity index is 610. The maximum atomic E-state index is 11.8. The van der Waals surface area contributed by atoms with Crippen LogP contribution in [-0.4, -0.2) is 24.7 Å². The molecule has 1 amide bonds. The van der Waals surface area contributed by atoms with Gasteiger partial charge in [0.1, 0.15) is 11.5 Å². The van der Waals surface area contributed by atoms with Gasteiger partial charge in [-0.15, -0.1) is 0 Å². The third-order valence-electron chi connectivity index (χ3n) is 3.07. The molecule has 0 saturated heterocycles. The molecule has 2 N–H and O–H groups in total. The molecule has 0 radical (unpaired) electrons. The van der Waals surface area contributed by atoms with Crippen LogP contribution in [-0.2, 0) is 4.79 Å². The Morgan fingerprint density at radius 2 is 2.19 bits per heavy atom. The van der Waals surface area contributed by atoms with E-state index >= 15 is 0 Å². The number of methoxy groups -OCH3 is 1. The van der Waals surface area contributed by atoms with Crippen molar-refractivity contribution in [1.29, 1.82) is 0 Å². The smallest absolute Gasteiger partial charge is 0.239 e. The Kier molecular flexibility index (Phi) is 4.94. The molecule has 0 fully saturated rings. The zero-order chi connectivity index (χ0) is 15.2. The summed E-state index contributed by atoms with van der Waals surface area (Å²) in [5.41, 5.74) is 1.00. The van der Waals surface area contributed by atoms with Gasteiger partial charge in [0.15, 0.2) is 5.82 Å². The zero-order valence-electron chi connectivity index (χ0n) is 12.3. The van der Waals surface area contributed by atoms with E-state index in [0.29, 0.717) is 11.6 Å². The second kappa shape index (κ2) is 6.90. The molecule has 0 aliphatic rings. The van der Waals surface area contributed by atoms with E-state index in [9.17, 15) is 4.79 Å². The van der Waals surface area contributed by atoms with E-state index in [1.54, 1.807) is 20.1 Å². The second-order valence-electron chi connectivity index (χ2n) is 4.72. The maximum absolute atomic E-state index is 11.8. The zero-order valence-corrected chi connectivity index (χ0v) is 12.3. The highest BCUT2D eigenvalue weighted by molar-refractivity contribution is 5.91. The molecule has 0 saturated carbocycles. The van der Waals surface area contributed by atoms with Gasteiger partial charge in [-0.2, -0.15) is 0 Å². The molecule has 2 rings (SSSR count). The van der Waals surface area contributed by atoms with Crippen molar-refractivity contribution < 1.29 is 14.1 Å². The van der Waals surface area contributed by atoms with Gasteiger partial charge in [0.25, 0.3) is 0 Å². The van der Waals surface area contributed by atoms with E-state index in [1.165, 1.54) is 0 Å². The fourth-order valence-electron chi connectivity index (χ4n) is 1.99. The van der Waals surface area contributed by atoms with Crippen LogP contribution in [0.15, 0.2) is 34.9 Å². The van der Waals surface area contributed by atoms with Crippen LogP contribution < -0.4 is 15.4 Å². The minimum Gasteiger partial charge on any atom is -0.496 e. The van der Waals surface area contributed by atoms with Gasteiger partial charge >= 0.3 is 0 Å². The van der Waals surface area contributed by atoms with Gasteiger partial charge < -0.3 is 19.9 Å². The number of nitrogens with one attached hydrogen (secondary N) is 2. The number of hydrogen-bond acceptors (Lipinski definition) is 5. The molecule has 1 heterocycles. The average molecular weight is 289 g/mol. The first-order chi connectivity index (χ1) is 10.1. The average Bonchev–Trinajstić information content (AvgIpc) is 2.89. The van der Waals surface area contributed by atoms with E-state index < -0.39 is 0 Å². The van der Waals surface area contributed by atoms with Crippen molar-refractivity contribution in [2.45, 2.75) is 19.9 Å². The van der Waals surface area contributed by atoms with Crippen LogP contribution in [0.2, 0.25) is 0 Å². The molecular formula is C15H19N3O3. The van der Waals surface area contributed by atoms with Crippen molar-refractivity contribution in [3.8, 4) is 5.75 Å². The minimum atomic E-state index is -0.176. The number of benzene rings is 1. The van der Waals surface area contributed by atoms with Gasteiger partial charge in [0.05, 0.1) is 13.7 Å². The second-order valence-corrected chi connectivity index (χ2v) is 4.72. The molecule has 1 atom stereocenters. The van der Waals surface area contributed by atoms with Crippen LogP contribution in [0.4, 0.5) is 5.82 Å². The molecule has 112 valence electrons. The number of hydrogen-bond donors (Lipinski definition) is 2. The van der Waals surface area contributed by atoms with Crippen LogP contribution in [0, 0.1) is 6.92 Å². The predicted molar refractivity (Wildman–Crippen MR) is 79.3 cm³/mol. The number of rotatable bonds is 6. The highest BCUT2D eigenvalue weighted by atomic mass is 16.5. The molecule has 1 aromatic carbocycles. The molecule has 6 nitrogen and oxygen atoms in total. The molecule has 1 unspecified atom stereocenters. The molecule has 2 aromatic rings. The summed E-state index contributed by atoms with van der Waals surface area (Å²) in [4.78, 5) is 11.8. The van der Waals surface area contributed by atoms with E-state index in [-0.39, 0.29) is 18.5 Å². The largest absolute Gasteiger partial charge is 0.496 e. The summed E-state index contributed by atoms with van der Waals surface area (Å²) in [5, 5.41) is 9.52. The molecule has 0 bridgehead atoms. The van der Waals surface area contributed by atoms with E-state index in [1.807, 2.05) is 31.2 Å². The molecule has 0 spiro atoms. The third kappa shape index (κ3) is 4.06. The third-order valence-corrected chi connectivity index (χ3v) is 3.07. The number of ether oxygens (including phenoxy) is 1. The van der Waals surface area contributed by atoms with E-state index in [0.717, 1.165) is 11.3 Å². The lowest BCUT2D eigenvalue weighted by atomic mass is 10.1. The SMILES string of the molecule is COc1ccccc1C(C)NCC(=O)Nc1cc(C)on1. The van der Waals surface area contributed by atoms with Crippen LogP contribution in [0.1, 0.15) is 24.3 Å². The van der Waals surface area contributed by atoms with Crippen LogP contribution in [0.3, 0.4) is 0 Å². The summed E-state index contributed by atoms with van der Waals surface area (Å²) in [6, 6.07) is 9.37.